The lowest BCUT2D eigenvalue weighted by molar-refractivity contribution is -0.384. The molecule has 0 radical (unpaired) electrons. The third kappa shape index (κ3) is 3.79. The number of nitrogens with zero attached hydrogens (tertiary/aromatic N) is 1. The Morgan fingerprint density at radius 1 is 1.25 bits per heavy atom. The van der Waals surface area contributed by atoms with Crippen LogP contribution in [0.1, 0.15) is 10.4 Å². The number of hydrogen-bond donors (Lipinski definition) is 3. The fourth-order valence-corrected chi connectivity index (χ4v) is 2.75. The van der Waals surface area contributed by atoms with E-state index in [-0.39, 0.29) is 0 Å². The van der Waals surface area contributed by atoms with Gasteiger partial charge in [0.05, 0.1) is 10.5 Å². The standard InChI is InChI=1S/C13H10ClN3O6S/c14-8-1-3-9(4-2-8)16-12-10(17(20)21)5-7(13(18)19)6-11(12)24(15,22)23/h1-6,16H,(H,18,19)(H2,15,22,23). The van der Waals surface area contributed by atoms with E-state index in [2.05, 4.69) is 5.32 Å². The number of nitrogens with two attached hydrogens (primary N) is 1. The first kappa shape index (κ1) is 17.7. The van der Waals surface area contributed by atoms with Crippen molar-refractivity contribution in [1.82, 2.24) is 0 Å². The summed E-state index contributed by atoms with van der Waals surface area (Å²) in [5, 5.41) is 28.3. The number of nitro benzene ring substituents is 1. The van der Waals surface area contributed by atoms with Crippen molar-refractivity contribution in [2.45, 2.75) is 4.90 Å². The number of sulfonamides is 1. The van der Waals surface area contributed by atoms with Gasteiger partial charge in [-0.15, -0.1) is 0 Å². The highest BCUT2D eigenvalue weighted by atomic mass is 35.5. The van der Waals surface area contributed by atoms with Gasteiger partial charge in [-0.2, -0.15) is 0 Å². The number of nitrogens with one attached hydrogen (secondary N) is 1. The number of benzene rings is 2. The predicted octanol–water partition coefficient (Wildman–Crippen LogP) is 2.34. The maximum Gasteiger partial charge on any atom is 0.335 e. The zero-order valence-electron chi connectivity index (χ0n) is 11.8. The third-order valence-corrected chi connectivity index (χ3v) is 4.13. The number of nitro groups is 1. The van der Waals surface area contributed by atoms with Gasteiger partial charge in [0, 0.05) is 16.8 Å². The molecule has 0 heterocycles. The summed E-state index contributed by atoms with van der Waals surface area (Å²) in [6.07, 6.45) is 0. The molecule has 0 unspecified atom stereocenters. The molecular formula is C13H10ClN3O6S. The summed E-state index contributed by atoms with van der Waals surface area (Å²) in [5.74, 6) is -1.53. The molecular weight excluding hydrogens is 362 g/mol. The number of rotatable bonds is 5. The molecule has 2 aromatic carbocycles. The smallest absolute Gasteiger partial charge is 0.335 e. The van der Waals surface area contributed by atoms with Crippen LogP contribution in [-0.4, -0.2) is 24.4 Å². The third-order valence-electron chi connectivity index (χ3n) is 2.95. The van der Waals surface area contributed by atoms with Crippen LogP contribution in [0.2, 0.25) is 5.02 Å². The second-order valence-corrected chi connectivity index (χ2v) is 6.57. The van der Waals surface area contributed by atoms with Gasteiger partial charge in [0.25, 0.3) is 5.69 Å². The molecule has 0 spiro atoms. The van der Waals surface area contributed by atoms with Crippen molar-refractivity contribution in [2.75, 3.05) is 5.32 Å². The number of carboxylic acids is 1. The fraction of sp³-hybridized carbons (Fsp3) is 0. The van der Waals surface area contributed by atoms with Crippen LogP contribution in [0.15, 0.2) is 41.3 Å². The van der Waals surface area contributed by atoms with Gasteiger partial charge in [0.1, 0.15) is 10.6 Å². The number of carboxylic acid groups (broad SMARTS) is 1. The second kappa shape index (κ2) is 6.43. The Balaban J connectivity index is 2.73. The minimum absolute atomic E-state index is 0.301. The maximum absolute atomic E-state index is 11.7. The summed E-state index contributed by atoms with van der Waals surface area (Å²) in [7, 11) is -4.43. The summed E-state index contributed by atoms with van der Waals surface area (Å²) in [6, 6.07) is 7.39. The number of aromatic carboxylic acids is 1. The van der Waals surface area contributed by atoms with Gasteiger partial charge in [0.15, 0.2) is 0 Å². The average molecular weight is 372 g/mol. The van der Waals surface area contributed by atoms with Gasteiger partial charge in [-0.3, -0.25) is 10.1 Å². The van der Waals surface area contributed by atoms with Gasteiger partial charge in [-0.1, -0.05) is 11.6 Å². The molecule has 0 saturated carbocycles. The van der Waals surface area contributed by atoms with Gasteiger partial charge >= 0.3 is 5.97 Å². The van der Waals surface area contributed by atoms with Gasteiger partial charge in [-0.25, -0.2) is 18.4 Å². The van der Waals surface area contributed by atoms with Crippen molar-refractivity contribution in [3.05, 3.63) is 57.1 Å². The van der Waals surface area contributed by atoms with Crippen LogP contribution in [0.25, 0.3) is 0 Å². The van der Waals surface area contributed by atoms with Crippen LogP contribution in [0.3, 0.4) is 0 Å². The van der Waals surface area contributed by atoms with Crippen LogP contribution in [0, 0.1) is 10.1 Å². The van der Waals surface area contributed by atoms with E-state index < -0.39 is 42.7 Å². The number of primary sulfonamides is 1. The lowest BCUT2D eigenvalue weighted by Gasteiger charge is -2.12. The lowest BCUT2D eigenvalue weighted by atomic mass is 10.1. The van der Waals surface area contributed by atoms with Crippen LogP contribution >= 0.6 is 11.6 Å². The molecule has 0 aromatic heterocycles. The Bertz CT molecular complexity index is 927. The number of carbonyl (C=O) groups is 1. The molecule has 126 valence electrons. The Hall–Kier alpha value is -2.69. The van der Waals surface area contributed by atoms with Crippen LogP contribution in [0.5, 0.6) is 0 Å². The zero-order chi connectivity index (χ0) is 18.1. The Morgan fingerprint density at radius 2 is 1.83 bits per heavy atom. The van der Waals surface area contributed by atoms with Crippen molar-refractivity contribution in [2.24, 2.45) is 5.14 Å². The average Bonchev–Trinajstić information content (AvgIpc) is 2.48. The topological polar surface area (TPSA) is 153 Å². The molecule has 0 amide bonds. The van der Waals surface area contributed by atoms with Crippen molar-refractivity contribution in [3.63, 3.8) is 0 Å². The predicted molar refractivity (Wildman–Crippen MR) is 86.2 cm³/mol. The van der Waals surface area contributed by atoms with Crippen LogP contribution in [0.4, 0.5) is 17.1 Å². The minimum Gasteiger partial charge on any atom is -0.478 e. The van der Waals surface area contributed by atoms with E-state index in [9.17, 15) is 23.3 Å². The molecule has 0 saturated heterocycles. The minimum atomic E-state index is -4.43. The van der Waals surface area contributed by atoms with E-state index in [1.165, 1.54) is 24.3 Å². The van der Waals surface area contributed by atoms with Gasteiger partial charge in [0.2, 0.25) is 10.0 Å². The van der Waals surface area contributed by atoms with E-state index in [1.807, 2.05) is 0 Å². The number of hydrogen-bond acceptors (Lipinski definition) is 6. The molecule has 0 aliphatic carbocycles. The van der Waals surface area contributed by atoms with E-state index in [0.717, 1.165) is 12.1 Å². The number of halogens is 1. The largest absolute Gasteiger partial charge is 0.478 e. The molecule has 0 bridgehead atoms. The number of anilines is 2. The highest BCUT2D eigenvalue weighted by molar-refractivity contribution is 7.89. The maximum atomic E-state index is 11.7. The van der Waals surface area contributed by atoms with Gasteiger partial charge < -0.3 is 10.4 Å². The van der Waals surface area contributed by atoms with Crippen molar-refractivity contribution in [3.8, 4) is 0 Å². The quantitative estimate of drug-likeness (QED) is 0.538. The normalized spacial score (nSPS) is 11.1. The van der Waals surface area contributed by atoms with Crippen LogP contribution in [-0.2, 0) is 10.0 Å². The molecule has 11 heteroatoms. The first-order valence-corrected chi connectivity index (χ1v) is 8.13. The summed E-state index contributed by atoms with van der Waals surface area (Å²) in [6.45, 7) is 0. The van der Waals surface area contributed by atoms with E-state index in [0.29, 0.717) is 10.7 Å². The molecule has 24 heavy (non-hydrogen) atoms. The summed E-state index contributed by atoms with van der Waals surface area (Å²) in [5.41, 5.74) is -1.45. The molecule has 0 fully saturated rings. The molecule has 0 aliphatic heterocycles. The second-order valence-electron chi connectivity index (χ2n) is 4.61. The van der Waals surface area contributed by atoms with Crippen molar-refractivity contribution >= 4 is 44.7 Å². The first-order valence-electron chi connectivity index (χ1n) is 6.20. The van der Waals surface area contributed by atoms with Crippen LogP contribution < -0.4 is 10.5 Å². The lowest BCUT2D eigenvalue weighted by Crippen LogP contribution is -2.16. The monoisotopic (exact) mass is 371 g/mol. The first-order chi connectivity index (χ1) is 11.1. The Kier molecular flexibility index (Phi) is 4.73. The highest BCUT2D eigenvalue weighted by Crippen LogP contribution is 2.35. The molecule has 4 N–H and O–H groups in total. The van der Waals surface area contributed by atoms with Crippen molar-refractivity contribution in [1.29, 1.82) is 0 Å². The molecule has 0 aliphatic rings. The van der Waals surface area contributed by atoms with E-state index in [1.54, 1.807) is 0 Å². The summed E-state index contributed by atoms with van der Waals surface area (Å²) < 4.78 is 23.5. The van der Waals surface area contributed by atoms with E-state index >= 15 is 0 Å². The highest BCUT2D eigenvalue weighted by Gasteiger charge is 2.27. The van der Waals surface area contributed by atoms with Gasteiger partial charge in [-0.05, 0) is 30.3 Å². The van der Waals surface area contributed by atoms with Crippen molar-refractivity contribution < 1.29 is 23.2 Å². The summed E-state index contributed by atoms with van der Waals surface area (Å²) in [4.78, 5) is 20.7. The zero-order valence-corrected chi connectivity index (χ0v) is 13.3. The molecule has 0 atom stereocenters. The molecule has 2 aromatic rings. The fourth-order valence-electron chi connectivity index (χ4n) is 1.90. The molecule has 9 nitrogen and oxygen atoms in total. The summed E-state index contributed by atoms with van der Waals surface area (Å²) >= 11 is 5.74. The van der Waals surface area contributed by atoms with E-state index in [4.69, 9.17) is 21.8 Å². The SMILES string of the molecule is NS(=O)(=O)c1cc(C(=O)O)cc([N+](=O)[O-])c1Nc1ccc(Cl)cc1. The molecule has 2 rings (SSSR count). The Labute approximate surface area is 140 Å². The Morgan fingerprint density at radius 3 is 2.29 bits per heavy atom.